The van der Waals surface area contributed by atoms with Gasteiger partial charge in [0.15, 0.2) is 5.78 Å². The summed E-state index contributed by atoms with van der Waals surface area (Å²) in [5.41, 5.74) is -0.860. The molecule has 8 nitrogen and oxygen atoms in total. The van der Waals surface area contributed by atoms with Crippen LogP contribution in [0, 0.1) is 11.3 Å². The first-order chi connectivity index (χ1) is 18.5. The lowest BCUT2D eigenvalue weighted by Crippen LogP contribution is -2.62. The van der Waals surface area contributed by atoms with E-state index in [4.69, 9.17) is 0 Å². The Morgan fingerprint density at radius 2 is 1.62 bits per heavy atom. The zero-order chi connectivity index (χ0) is 30.3. The Hall–Kier alpha value is -1.77. The van der Waals surface area contributed by atoms with Gasteiger partial charge in [0.2, 0.25) is 11.8 Å². The number of hydrogen-bond donors (Lipinski definition) is 3. The molecule has 0 spiro atoms. The Bertz CT molecular complexity index is 889. The van der Waals surface area contributed by atoms with Gasteiger partial charge in [0.25, 0.3) is 0 Å². The van der Waals surface area contributed by atoms with E-state index < -0.39 is 23.5 Å². The number of urea groups is 1. The van der Waals surface area contributed by atoms with E-state index in [-0.39, 0.29) is 39.8 Å². The number of unbranched alkanes of at least 4 members (excludes halogenated alkanes) is 1. The van der Waals surface area contributed by atoms with Crippen molar-refractivity contribution in [3.63, 3.8) is 0 Å². The fourth-order valence-electron chi connectivity index (χ4n) is 5.70. The minimum atomic E-state index is -0.798. The SMILES string of the molecule is CCCCC(NC(=O)C1C[C@@H](C)CN1C(=O)C(NC(=O)NC1(CSC(C)(C)C)CCCCC1)C(C)(C)C)C(C)=O. The molecule has 0 radical (unpaired) electrons. The van der Waals surface area contributed by atoms with Gasteiger partial charge < -0.3 is 20.9 Å². The lowest BCUT2D eigenvalue weighted by molar-refractivity contribution is -0.142. The molecule has 0 aromatic rings. The molecule has 40 heavy (non-hydrogen) atoms. The van der Waals surface area contributed by atoms with Crippen molar-refractivity contribution in [1.29, 1.82) is 0 Å². The summed E-state index contributed by atoms with van der Waals surface area (Å²) in [5, 5.41) is 9.24. The standard InChI is InChI=1S/C31H56N4O4S/c1-10-11-15-23(22(3)36)32-26(37)24-18-21(2)19-35(24)27(38)25(29(4,5)6)33-28(39)34-31(16-13-12-14-17-31)20-40-30(7,8)9/h21,23-25H,10-20H2,1-9H3,(H,32,37)(H2,33,34,39)/t21-,23?,24?,25?/m1/s1. The number of nitrogens with zero attached hydrogens (tertiary/aromatic N) is 1. The largest absolute Gasteiger partial charge is 0.345 e. The van der Waals surface area contributed by atoms with Crippen molar-refractivity contribution in [3.05, 3.63) is 0 Å². The van der Waals surface area contributed by atoms with Gasteiger partial charge in [0.1, 0.15) is 12.1 Å². The molecule has 3 N–H and O–H groups in total. The second-order valence-electron chi connectivity index (χ2n) is 14.3. The van der Waals surface area contributed by atoms with Gasteiger partial charge in [0, 0.05) is 17.0 Å². The monoisotopic (exact) mass is 580 g/mol. The smallest absolute Gasteiger partial charge is 0.315 e. The summed E-state index contributed by atoms with van der Waals surface area (Å²) in [6.45, 7) is 18.4. The van der Waals surface area contributed by atoms with E-state index in [9.17, 15) is 19.2 Å². The van der Waals surface area contributed by atoms with Crippen LogP contribution in [-0.2, 0) is 14.4 Å². The first kappa shape index (κ1) is 34.4. The van der Waals surface area contributed by atoms with Crippen LogP contribution in [-0.4, -0.2) is 69.2 Å². The third-order valence-electron chi connectivity index (χ3n) is 8.11. The Kier molecular flexibility index (Phi) is 12.4. The van der Waals surface area contributed by atoms with Gasteiger partial charge in [0.05, 0.1) is 11.6 Å². The summed E-state index contributed by atoms with van der Waals surface area (Å²) >= 11 is 1.86. The maximum Gasteiger partial charge on any atom is 0.315 e. The molecule has 1 aliphatic carbocycles. The number of carbonyl (C=O) groups excluding carboxylic acids is 4. The van der Waals surface area contributed by atoms with Gasteiger partial charge in [-0.15, -0.1) is 0 Å². The second-order valence-corrected chi connectivity index (χ2v) is 16.1. The highest BCUT2D eigenvalue weighted by atomic mass is 32.2. The molecule has 1 aliphatic heterocycles. The quantitative estimate of drug-likeness (QED) is 0.302. The molecular weight excluding hydrogens is 524 g/mol. The summed E-state index contributed by atoms with van der Waals surface area (Å²) in [6, 6.07) is -2.32. The van der Waals surface area contributed by atoms with Crippen molar-refractivity contribution in [3.8, 4) is 0 Å². The minimum absolute atomic E-state index is 0.0714. The Morgan fingerprint density at radius 1 is 1.00 bits per heavy atom. The second kappa shape index (κ2) is 14.4. The van der Waals surface area contributed by atoms with Crippen LogP contribution in [0.2, 0.25) is 0 Å². The number of carbonyl (C=O) groups is 4. The van der Waals surface area contributed by atoms with E-state index in [0.717, 1.165) is 44.3 Å². The highest BCUT2D eigenvalue weighted by Gasteiger charge is 2.45. The molecule has 1 saturated heterocycles. The van der Waals surface area contributed by atoms with E-state index in [0.29, 0.717) is 19.4 Å². The average molecular weight is 581 g/mol. The fourth-order valence-corrected chi connectivity index (χ4v) is 6.77. The topological polar surface area (TPSA) is 108 Å². The molecule has 1 saturated carbocycles. The van der Waals surface area contributed by atoms with Crippen LogP contribution in [0.1, 0.15) is 120 Å². The minimum Gasteiger partial charge on any atom is -0.345 e. The average Bonchev–Trinajstić information content (AvgIpc) is 3.24. The predicted octanol–water partition coefficient (Wildman–Crippen LogP) is 5.44. The van der Waals surface area contributed by atoms with Crippen molar-refractivity contribution in [2.45, 2.75) is 149 Å². The molecule has 3 unspecified atom stereocenters. The zero-order valence-corrected chi connectivity index (χ0v) is 27.4. The first-order valence-corrected chi connectivity index (χ1v) is 16.3. The number of thioether (sulfide) groups is 1. The van der Waals surface area contributed by atoms with Crippen molar-refractivity contribution >= 4 is 35.4 Å². The molecule has 2 rings (SSSR count). The lowest BCUT2D eigenvalue weighted by atomic mass is 9.83. The van der Waals surface area contributed by atoms with E-state index in [1.807, 2.05) is 46.4 Å². The molecule has 0 aromatic carbocycles. The number of Topliss-reactive ketones (excluding diaryl/α,β-unsaturated/α-hetero) is 1. The third kappa shape index (κ3) is 10.3. The fraction of sp³-hybridized carbons (Fsp3) is 0.871. The molecule has 2 fully saturated rings. The van der Waals surface area contributed by atoms with E-state index in [1.54, 1.807) is 4.90 Å². The Morgan fingerprint density at radius 3 is 2.15 bits per heavy atom. The van der Waals surface area contributed by atoms with Gasteiger partial charge >= 0.3 is 6.03 Å². The number of nitrogens with one attached hydrogen (secondary N) is 3. The summed E-state index contributed by atoms with van der Waals surface area (Å²) < 4.78 is 0.0898. The number of ketones is 1. The number of likely N-dealkylation sites (tertiary alicyclic amines) is 1. The van der Waals surface area contributed by atoms with Gasteiger partial charge in [-0.2, -0.15) is 11.8 Å². The van der Waals surface area contributed by atoms with Gasteiger partial charge in [-0.1, -0.05) is 87.5 Å². The van der Waals surface area contributed by atoms with Crippen molar-refractivity contribution < 1.29 is 19.2 Å². The number of hydrogen-bond acceptors (Lipinski definition) is 5. The number of amides is 4. The first-order valence-electron chi connectivity index (χ1n) is 15.3. The van der Waals surface area contributed by atoms with Crippen LogP contribution in [0.25, 0.3) is 0 Å². The zero-order valence-electron chi connectivity index (χ0n) is 26.6. The Balaban J connectivity index is 2.20. The molecule has 1 heterocycles. The van der Waals surface area contributed by atoms with Gasteiger partial charge in [-0.25, -0.2) is 4.79 Å². The van der Waals surface area contributed by atoms with E-state index in [1.165, 1.54) is 13.3 Å². The summed E-state index contributed by atoms with van der Waals surface area (Å²) in [7, 11) is 0. The molecule has 2 aliphatic rings. The molecule has 4 atom stereocenters. The summed E-state index contributed by atoms with van der Waals surface area (Å²) in [4.78, 5) is 54.7. The van der Waals surface area contributed by atoms with E-state index in [2.05, 4.69) is 36.7 Å². The van der Waals surface area contributed by atoms with Crippen LogP contribution in [0.15, 0.2) is 0 Å². The van der Waals surface area contributed by atoms with Crippen LogP contribution < -0.4 is 16.0 Å². The third-order valence-corrected chi connectivity index (χ3v) is 9.67. The maximum absolute atomic E-state index is 14.0. The molecule has 9 heteroatoms. The van der Waals surface area contributed by atoms with Gasteiger partial charge in [-0.3, -0.25) is 14.4 Å². The highest BCUT2D eigenvalue weighted by Crippen LogP contribution is 2.36. The molecule has 0 aromatic heterocycles. The summed E-state index contributed by atoms with van der Waals surface area (Å²) in [5.74, 6) is 0.367. The van der Waals surface area contributed by atoms with Gasteiger partial charge in [-0.05, 0) is 43.9 Å². The van der Waals surface area contributed by atoms with E-state index >= 15 is 0 Å². The maximum atomic E-state index is 14.0. The van der Waals surface area contributed by atoms with Crippen LogP contribution >= 0.6 is 11.8 Å². The van der Waals surface area contributed by atoms with Crippen molar-refractivity contribution in [2.75, 3.05) is 12.3 Å². The highest BCUT2D eigenvalue weighted by molar-refractivity contribution is 8.00. The summed E-state index contributed by atoms with van der Waals surface area (Å²) in [6.07, 6.45) is 8.09. The van der Waals surface area contributed by atoms with Crippen molar-refractivity contribution in [1.82, 2.24) is 20.9 Å². The molecule has 0 bridgehead atoms. The Labute approximate surface area is 247 Å². The van der Waals surface area contributed by atoms with Crippen LogP contribution in [0.3, 0.4) is 0 Å². The molecule has 230 valence electrons. The normalized spacial score (nSPS) is 22.8. The molecular formula is C31H56N4O4S. The predicted molar refractivity (Wildman–Crippen MR) is 164 cm³/mol. The lowest BCUT2D eigenvalue weighted by Gasteiger charge is -2.41. The van der Waals surface area contributed by atoms with Crippen molar-refractivity contribution in [2.24, 2.45) is 11.3 Å². The number of rotatable bonds is 11. The molecule has 4 amide bonds. The van der Waals surface area contributed by atoms with Crippen LogP contribution in [0.5, 0.6) is 0 Å². The van der Waals surface area contributed by atoms with Crippen LogP contribution in [0.4, 0.5) is 4.79 Å².